The summed E-state index contributed by atoms with van der Waals surface area (Å²) in [6.45, 7) is 6.90. The number of nitrogens with one attached hydrogen (secondary N) is 1. The molecule has 0 radical (unpaired) electrons. The van der Waals surface area contributed by atoms with Gasteiger partial charge in [-0.25, -0.2) is 0 Å². The minimum Gasteiger partial charge on any atom is -0.315 e. The quantitative estimate of drug-likeness (QED) is 0.626. The van der Waals surface area contributed by atoms with E-state index in [-0.39, 0.29) is 0 Å². The highest BCUT2D eigenvalue weighted by atomic mass is 15.0. The predicted octanol–water partition coefficient (Wildman–Crippen LogP) is 4.98. The number of rotatable bonds is 9. The maximum atomic E-state index is 3.50. The molecule has 2 rings (SSSR count). The van der Waals surface area contributed by atoms with Crippen LogP contribution in [0.25, 0.3) is 0 Å². The average molecular weight is 273 g/mol. The third kappa shape index (κ3) is 3.85. The smallest absolute Gasteiger partial charge is 0.0205 e. The van der Waals surface area contributed by atoms with Gasteiger partial charge in [0, 0.05) is 18.5 Å². The lowest BCUT2D eigenvalue weighted by Gasteiger charge is -2.44. The Hall–Kier alpha value is -0.820. The highest BCUT2D eigenvalue weighted by Crippen LogP contribution is 2.36. The second kappa shape index (κ2) is 7.83. The second-order valence-electron chi connectivity index (χ2n) is 6.57. The predicted molar refractivity (Wildman–Crippen MR) is 88.3 cm³/mol. The Balaban J connectivity index is 1.77. The van der Waals surface area contributed by atoms with Crippen molar-refractivity contribution in [1.29, 1.82) is 0 Å². The van der Waals surface area contributed by atoms with Crippen molar-refractivity contribution < 1.29 is 0 Å². The molecule has 20 heavy (non-hydrogen) atoms. The third-order valence-electron chi connectivity index (χ3n) is 4.90. The van der Waals surface area contributed by atoms with Crippen molar-refractivity contribution in [3.05, 3.63) is 35.4 Å². The van der Waals surface area contributed by atoms with E-state index >= 15 is 0 Å². The largest absolute Gasteiger partial charge is 0.315 e. The van der Waals surface area contributed by atoms with Crippen LogP contribution in [0.15, 0.2) is 24.3 Å². The summed E-state index contributed by atoms with van der Waals surface area (Å²) >= 11 is 0. The van der Waals surface area contributed by atoms with Gasteiger partial charge in [0.05, 0.1) is 0 Å². The zero-order valence-electron chi connectivity index (χ0n) is 13.4. The second-order valence-corrected chi connectivity index (χ2v) is 6.57. The van der Waals surface area contributed by atoms with Crippen LogP contribution in [0.3, 0.4) is 0 Å². The van der Waals surface area contributed by atoms with Crippen LogP contribution in [-0.2, 0) is 5.41 Å². The van der Waals surface area contributed by atoms with E-state index in [4.69, 9.17) is 0 Å². The maximum Gasteiger partial charge on any atom is 0.0205 e. The molecule has 1 aromatic carbocycles. The van der Waals surface area contributed by atoms with Crippen LogP contribution in [0.2, 0.25) is 0 Å². The Kier molecular flexibility index (Phi) is 6.09. The van der Waals surface area contributed by atoms with Crippen LogP contribution in [0.1, 0.15) is 69.4 Å². The third-order valence-corrected chi connectivity index (χ3v) is 4.90. The summed E-state index contributed by atoms with van der Waals surface area (Å²) in [5.41, 5.74) is 3.50. The van der Waals surface area contributed by atoms with Gasteiger partial charge in [-0.3, -0.25) is 0 Å². The lowest BCUT2D eigenvalue weighted by Crippen LogP contribution is -2.57. The minimum absolute atomic E-state index is 0.439. The van der Waals surface area contributed by atoms with Gasteiger partial charge in [-0.15, -0.1) is 0 Å². The van der Waals surface area contributed by atoms with Crippen LogP contribution in [0, 0.1) is 6.92 Å². The first-order valence-corrected chi connectivity index (χ1v) is 8.55. The molecular formula is C19H31N. The Labute approximate surface area is 125 Å². The van der Waals surface area contributed by atoms with Crippen molar-refractivity contribution in [1.82, 2.24) is 5.32 Å². The molecule has 1 aromatic rings. The Morgan fingerprint density at radius 3 is 2.20 bits per heavy atom. The fourth-order valence-electron chi connectivity index (χ4n) is 3.52. The van der Waals surface area contributed by atoms with E-state index in [1.807, 2.05) is 0 Å². The molecule has 1 saturated heterocycles. The highest BCUT2D eigenvalue weighted by molar-refractivity contribution is 5.36. The molecule has 0 aromatic heterocycles. The van der Waals surface area contributed by atoms with Crippen LogP contribution in [0.4, 0.5) is 0 Å². The monoisotopic (exact) mass is 273 g/mol. The molecule has 1 aliphatic heterocycles. The molecule has 0 atom stereocenters. The summed E-state index contributed by atoms with van der Waals surface area (Å²) in [6.07, 6.45) is 11.2. The number of hydrogen-bond donors (Lipinski definition) is 1. The molecule has 1 heteroatoms. The van der Waals surface area contributed by atoms with E-state index in [1.165, 1.54) is 70.0 Å². The molecule has 1 fully saturated rings. The van der Waals surface area contributed by atoms with Crippen LogP contribution in [-0.4, -0.2) is 13.1 Å². The zero-order valence-corrected chi connectivity index (χ0v) is 13.4. The van der Waals surface area contributed by atoms with Crippen LogP contribution < -0.4 is 5.32 Å². The van der Waals surface area contributed by atoms with Gasteiger partial charge in [-0.2, -0.15) is 0 Å². The number of benzene rings is 1. The van der Waals surface area contributed by atoms with Gasteiger partial charge in [-0.05, 0) is 24.5 Å². The molecule has 0 saturated carbocycles. The topological polar surface area (TPSA) is 12.0 Å². The molecule has 112 valence electrons. The normalized spacial score (nSPS) is 16.9. The van der Waals surface area contributed by atoms with Crippen molar-refractivity contribution >= 4 is 0 Å². The maximum absolute atomic E-state index is 3.50. The van der Waals surface area contributed by atoms with Gasteiger partial charge >= 0.3 is 0 Å². The van der Waals surface area contributed by atoms with Crippen LogP contribution >= 0.6 is 0 Å². The van der Waals surface area contributed by atoms with E-state index in [9.17, 15) is 0 Å². The molecule has 0 bridgehead atoms. The van der Waals surface area contributed by atoms with Gasteiger partial charge < -0.3 is 5.32 Å². The first-order chi connectivity index (χ1) is 9.78. The molecule has 1 heterocycles. The van der Waals surface area contributed by atoms with Crippen molar-refractivity contribution in [2.75, 3.05) is 13.1 Å². The summed E-state index contributed by atoms with van der Waals surface area (Å²) in [6, 6.07) is 8.97. The Morgan fingerprint density at radius 1 is 0.950 bits per heavy atom. The van der Waals surface area contributed by atoms with Crippen LogP contribution in [0.5, 0.6) is 0 Å². The summed E-state index contributed by atoms with van der Waals surface area (Å²) in [4.78, 5) is 0. The van der Waals surface area contributed by atoms with Gasteiger partial charge in [0.15, 0.2) is 0 Å². The molecule has 0 spiro atoms. The number of aryl methyl sites for hydroxylation is 1. The standard InChI is InChI=1S/C19H31N/c1-3-4-5-6-7-8-11-14-19(15-20-16-19)18-13-10-9-12-17(18)2/h9-10,12-13,20H,3-8,11,14-16H2,1-2H3. The van der Waals surface area contributed by atoms with Gasteiger partial charge in [0.25, 0.3) is 0 Å². The highest BCUT2D eigenvalue weighted by Gasteiger charge is 2.38. The van der Waals surface area contributed by atoms with Crippen molar-refractivity contribution in [2.45, 2.75) is 70.6 Å². The summed E-state index contributed by atoms with van der Waals surface area (Å²) in [7, 11) is 0. The van der Waals surface area contributed by atoms with E-state index in [0.29, 0.717) is 5.41 Å². The zero-order chi connectivity index (χ0) is 14.3. The molecule has 1 N–H and O–H groups in total. The lowest BCUT2D eigenvalue weighted by atomic mass is 9.70. The summed E-state index contributed by atoms with van der Waals surface area (Å²) in [5, 5.41) is 3.50. The van der Waals surface area contributed by atoms with Gasteiger partial charge in [0.1, 0.15) is 0 Å². The fraction of sp³-hybridized carbons (Fsp3) is 0.684. The number of unbranched alkanes of at least 4 members (excludes halogenated alkanes) is 6. The van der Waals surface area contributed by atoms with Crippen molar-refractivity contribution in [3.8, 4) is 0 Å². The van der Waals surface area contributed by atoms with Gasteiger partial charge in [-0.1, -0.05) is 76.1 Å². The van der Waals surface area contributed by atoms with E-state index in [2.05, 4.69) is 43.4 Å². The lowest BCUT2D eigenvalue weighted by molar-refractivity contribution is 0.248. The summed E-state index contributed by atoms with van der Waals surface area (Å²) < 4.78 is 0. The number of hydrogen-bond acceptors (Lipinski definition) is 1. The fourth-order valence-corrected chi connectivity index (χ4v) is 3.52. The van der Waals surface area contributed by atoms with Crippen molar-refractivity contribution in [3.63, 3.8) is 0 Å². The first kappa shape index (κ1) is 15.6. The molecule has 0 amide bonds. The SMILES string of the molecule is CCCCCCCCCC1(c2ccccc2C)CNC1. The van der Waals surface area contributed by atoms with E-state index < -0.39 is 0 Å². The Morgan fingerprint density at radius 2 is 1.60 bits per heavy atom. The first-order valence-electron chi connectivity index (χ1n) is 8.55. The van der Waals surface area contributed by atoms with E-state index in [1.54, 1.807) is 5.56 Å². The van der Waals surface area contributed by atoms with Gasteiger partial charge in [0.2, 0.25) is 0 Å². The molecular weight excluding hydrogens is 242 g/mol. The Bertz CT molecular complexity index is 393. The molecule has 1 nitrogen and oxygen atoms in total. The molecule has 1 aliphatic rings. The summed E-state index contributed by atoms with van der Waals surface area (Å²) in [5.74, 6) is 0. The molecule has 0 aliphatic carbocycles. The van der Waals surface area contributed by atoms with Crippen molar-refractivity contribution in [2.24, 2.45) is 0 Å². The molecule has 0 unspecified atom stereocenters. The minimum atomic E-state index is 0.439. The average Bonchev–Trinajstić information content (AvgIpc) is 2.41. The van der Waals surface area contributed by atoms with E-state index in [0.717, 1.165) is 0 Å².